The summed E-state index contributed by atoms with van der Waals surface area (Å²) in [5, 5.41) is 19.5. The summed E-state index contributed by atoms with van der Waals surface area (Å²) in [7, 11) is 2.04. The molecule has 2 fully saturated rings. The van der Waals surface area contributed by atoms with Crippen LogP contribution >= 0.6 is 0 Å². The first-order chi connectivity index (χ1) is 9.05. The van der Waals surface area contributed by atoms with Crippen LogP contribution in [0.1, 0.15) is 64.2 Å². The molecule has 19 heavy (non-hydrogen) atoms. The van der Waals surface area contributed by atoms with E-state index in [-0.39, 0.29) is 24.1 Å². The second-order valence-corrected chi connectivity index (χ2v) is 6.39. The van der Waals surface area contributed by atoms with E-state index in [1.807, 2.05) is 7.05 Å². The van der Waals surface area contributed by atoms with Gasteiger partial charge in [-0.1, -0.05) is 32.1 Å². The molecule has 4 heteroatoms. The van der Waals surface area contributed by atoms with Crippen LogP contribution in [0.25, 0.3) is 0 Å². The highest BCUT2D eigenvalue weighted by Gasteiger charge is 2.43. The first-order valence-corrected chi connectivity index (χ1v) is 7.68. The minimum absolute atomic E-state index is 0.145. The maximum atomic E-state index is 11.3. The minimum Gasteiger partial charge on any atom is -0.481 e. The van der Waals surface area contributed by atoms with Gasteiger partial charge in [-0.2, -0.15) is 0 Å². The summed E-state index contributed by atoms with van der Waals surface area (Å²) in [6, 6.07) is 0.145. The number of aliphatic carboxylic acids is 1. The molecule has 0 aliphatic heterocycles. The van der Waals surface area contributed by atoms with E-state index in [4.69, 9.17) is 0 Å². The number of aliphatic hydroxyl groups excluding tert-OH is 1. The van der Waals surface area contributed by atoms with Gasteiger partial charge in [-0.25, -0.2) is 0 Å². The SMILES string of the molecule is CN(C1CCCCC1O)C1(CC(=O)O)CCCCC1. The number of hydrogen-bond donors (Lipinski definition) is 2. The number of carbonyl (C=O) groups is 1. The van der Waals surface area contributed by atoms with Gasteiger partial charge in [0.15, 0.2) is 0 Å². The molecule has 0 heterocycles. The van der Waals surface area contributed by atoms with E-state index in [1.165, 1.54) is 6.42 Å². The van der Waals surface area contributed by atoms with Crippen molar-refractivity contribution in [1.29, 1.82) is 0 Å². The average Bonchev–Trinajstić information content (AvgIpc) is 2.39. The van der Waals surface area contributed by atoms with Crippen molar-refractivity contribution in [2.45, 2.75) is 81.9 Å². The Morgan fingerprint density at radius 1 is 1.16 bits per heavy atom. The summed E-state index contributed by atoms with van der Waals surface area (Å²) in [4.78, 5) is 13.5. The fraction of sp³-hybridized carbons (Fsp3) is 0.933. The molecule has 0 amide bonds. The smallest absolute Gasteiger partial charge is 0.305 e. The Balaban J connectivity index is 2.14. The van der Waals surface area contributed by atoms with Crippen LogP contribution in [0.15, 0.2) is 0 Å². The minimum atomic E-state index is -0.709. The van der Waals surface area contributed by atoms with Crippen molar-refractivity contribution < 1.29 is 15.0 Å². The van der Waals surface area contributed by atoms with E-state index in [1.54, 1.807) is 0 Å². The van der Waals surface area contributed by atoms with Crippen molar-refractivity contribution in [2.24, 2.45) is 0 Å². The zero-order valence-electron chi connectivity index (χ0n) is 12.0. The van der Waals surface area contributed by atoms with E-state index < -0.39 is 5.97 Å². The Labute approximate surface area is 115 Å². The second kappa shape index (κ2) is 6.23. The van der Waals surface area contributed by atoms with Gasteiger partial charge >= 0.3 is 5.97 Å². The highest BCUT2D eigenvalue weighted by atomic mass is 16.4. The molecule has 0 aromatic carbocycles. The van der Waals surface area contributed by atoms with Gasteiger partial charge in [-0.15, -0.1) is 0 Å². The standard InChI is InChI=1S/C15H27NO3/c1-16(12-7-3-4-8-13(12)17)15(11-14(18)19)9-5-2-6-10-15/h12-13,17H,2-11H2,1H3,(H,18,19). The number of likely N-dealkylation sites (N-methyl/N-ethyl adjacent to an activating group) is 1. The lowest BCUT2D eigenvalue weighted by atomic mass is 9.76. The lowest BCUT2D eigenvalue weighted by molar-refractivity contribution is -0.143. The van der Waals surface area contributed by atoms with Crippen LogP contribution in [0.3, 0.4) is 0 Å². The Hall–Kier alpha value is -0.610. The second-order valence-electron chi connectivity index (χ2n) is 6.39. The molecule has 2 aliphatic rings. The molecule has 0 bridgehead atoms. The molecule has 2 rings (SSSR count). The van der Waals surface area contributed by atoms with Crippen molar-refractivity contribution >= 4 is 5.97 Å². The summed E-state index contributed by atoms with van der Waals surface area (Å²) in [6.07, 6.45) is 9.38. The van der Waals surface area contributed by atoms with Crippen molar-refractivity contribution in [3.8, 4) is 0 Å². The molecule has 2 atom stereocenters. The Bertz CT molecular complexity index is 313. The van der Waals surface area contributed by atoms with Gasteiger partial charge in [0.05, 0.1) is 12.5 Å². The molecule has 0 radical (unpaired) electrons. The number of hydrogen-bond acceptors (Lipinski definition) is 3. The molecule has 2 unspecified atom stereocenters. The molecule has 2 aliphatic carbocycles. The van der Waals surface area contributed by atoms with Crippen molar-refractivity contribution in [2.75, 3.05) is 7.05 Å². The zero-order chi connectivity index (χ0) is 13.9. The molecular weight excluding hydrogens is 242 g/mol. The van der Waals surface area contributed by atoms with Gasteiger partial charge in [0.2, 0.25) is 0 Å². The fourth-order valence-corrected chi connectivity index (χ4v) is 4.04. The fourth-order valence-electron chi connectivity index (χ4n) is 4.04. The third kappa shape index (κ3) is 3.29. The highest BCUT2D eigenvalue weighted by molar-refractivity contribution is 5.68. The lowest BCUT2D eigenvalue weighted by Crippen LogP contribution is -2.57. The zero-order valence-corrected chi connectivity index (χ0v) is 12.0. The van der Waals surface area contributed by atoms with Crippen LogP contribution in [0.4, 0.5) is 0 Å². The normalized spacial score (nSPS) is 31.3. The molecule has 0 spiro atoms. The molecule has 0 aromatic rings. The third-order valence-corrected chi connectivity index (χ3v) is 5.20. The quantitative estimate of drug-likeness (QED) is 0.822. The van der Waals surface area contributed by atoms with Crippen molar-refractivity contribution in [1.82, 2.24) is 4.90 Å². The predicted octanol–water partition coefficient (Wildman–Crippen LogP) is 2.40. The number of nitrogens with zero attached hydrogens (tertiary/aromatic N) is 1. The van der Waals surface area contributed by atoms with Crippen LogP contribution in [-0.2, 0) is 4.79 Å². The molecule has 2 N–H and O–H groups in total. The maximum absolute atomic E-state index is 11.3. The maximum Gasteiger partial charge on any atom is 0.305 e. The molecule has 0 aromatic heterocycles. The van der Waals surface area contributed by atoms with Gasteiger partial charge in [0.25, 0.3) is 0 Å². The first kappa shape index (κ1) is 14.8. The summed E-state index contributed by atoms with van der Waals surface area (Å²) in [5.41, 5.74) is -0.229. The van der Waals surface area contributed by atoms with Crippen molar-refractivity contribution in [3.05, 3.63) is 0 Å². The predicted molar refractivity (Wildman–Crippen MR) is 74.1 cm³/mol. The van der Waals surface area contributed by atoms with Gasteiger partial charge in [-0.05, 0) is 32.7 Å². The summed E-state index contributed by atoms with van der Waals surface area (Å²) < 4.78 is 0. The number of aliphatic hydroxyl groups is 1. The highest BCUT2D eigenvalue weighted by Crippen LogP contribution is 2.39. The van der Waals surface area contributed by atoms with Crippen molar-refractivity contribution in [3.63, 3.8) is 0 Å². The van der Waals surface area contributed by atoms with E-state index in [0.717, 1.165) is 51.4 Å². The van der Waals surface area contributed by atoms with Gasteiger partial charge < -0.3 is 10.2 Å². The number of rotatable bonds is 4. The summed E-state index contributed by atoms with van der Waals surface area (Å²) >= 11 is 0. The van der Waals surface area contributed by atoms with Gasteiger partial charge in [0, 0.05) is 11.6 Å². The molecule has 2 saturated carbocycles. The van der Waals surface area contributed by atoms with Crippen LogP contribution in [0.2, 0.25) is 0 Å². The van der Waals surface area contributed by atoms with E-state index in [9.17, 15) is 15.0 Å². The average molecular weight is 269 g/mol. The first-order valence-electron chi connectivity index (χ1n) is 7.68. The van der Waals surface area contributed by atoms with E-state index in [2.05, 4.69) is 4.90 Å². The van der Waals surface area contributed by atoms with Crippen LogP contribution in [0, 0.1) is 0 Å². The summed E-state index contributed by atoms with van der Waals surface area (Å²) in [5.74, 6) is -0.709. The monoisotopic (exact) mass is 269 g/mol. The Kier molecular flexibility index (Phi) is 4.85. The van der Waals surface area contributed by atoms with Gasteiger partial charge in [-0.3, -0.25) is 9.69 Å². The molecule has 0 saturated heterocycles. The van der Waals surface area contributed by atoms with Crippen LogP contribution < -0.4 is 0 Å². The lowest BCUT2D eigenvalue weighted by Gasteiger charge is -2.49. The molecular formula is C15H27NO3. The molecule has 110 valence electrons. The summed E-state index contributed by atoms with van der Waals surface area (Å²) in [6.45, 7) is 0. The van der Waals surface area contributed by atoms with E-state index in [0.29, 0.717) is 0 Å². The molecule has 4 nitrogen and oxygen atoms in total. The largest absolute Gasteiger partial charge is 0.481 e. The van der Waals surface area contributed by atoms with Crippen LogP contribution in [-0.4, -0.2) is 45.8 Å². The Morgan fingerprint density at radius 2 is 1.79 bits per heavy atom. The topological polar surface area (TPSA) is 60.8 Å². The Morgan fingerprint density at radius 3 is 2.37 bits per heavy atom. The number of carboxylic acid groups (broad SMARTS) is 1. The van der Waals surface area contributed by atoms with Gasteiger partial charge in [0.1, 0.15) is 0 Å². The van der Waals surface area contributed by atoms with E-state index >= 15 is 0 Å². The third-order valence-electron chi connectivity index (χ3n) is 5.20. The van der Waals surface area contributed by atoms with Crippen LogP contribution in [0.5, 0.6) is 0 Å². The number of carboxylic acids is 1.